The van der Waals surface area contributed by atoms with Crippen LogP contribution < -0.4 is 0 Å². The van der Waals surface area contributed by atoms with Crippen molar-refractivity contribution in [2.45, 2.75) is 31.4 Å². The summed E-state index contributed by atoms with van der Waals surface area (Å²) >= 11 is 4.27. The molecule has 3 nitrogen and oxygen atoms in total. The average Bonchev–Trinajstić information content (AvgIpc) is 1.83. The van der Waals surface area contributed by atoms with Crippen molar-refractivity contribution in [3.63, 3.8) is 0 Å². The van der Waals surface area contributed by atoms with Crippen molar-refractivity contribution < 1.29 is 14.3 Å². The monoisotopic (exact) mass is 188 g/mol. The normalized spacial score (nSPS) is 25.4. The lowest BCUT2D eigenvalue weighted by Crippen LogP contribution is -2.38. The molecule has 1 unspecified atom stereocenters. The number of carbonyl (C=O) groups excluding carboxylic acids is 2. The molecule has 1 aliphatic rings. The molecular weight excluding hydrogens is 176 g/mol. The number of cyclic esters (lactones) is 2. The maximum absolute atomic E-state index is 11.2. The third-order valence-electron chi connectivity index (χ3n) is 1.99. The van der Waals surface area contributed by atoms with E-state index in [1.54, 1.807) is 0 Å². The quantitative estimate of drug-likeness (QED) is 0.381. The molecular formula is C8H12O3S. The number of carbonyl (C=O) groups is 2. The molecule has 1 atom stereocenters. The van der Waals surface area contributed by atoms with Gasteiger partial charge in [0.15, 0.2) is 0 Å². The Hall–Kier alpha value is -0.510. The van der Waals surface area contributed by atoms with Crippen LogP contribution in [0.5, 0.6) is 0 Å². The Labute approximate surface area is 76.9 Å². The van der Waals surface area contributed by atoms with E-state index < -0.39 is 16.7 Å². The summed E-state index contributed by atoms with van der Waals surface area (Å²) in [5.74, 6) is -1.13. The van der Waals surface area contributed by atoms with Gasteiger partial charge in [0.2, 0.25) is 0 Å². The van der Waals surface area contributed by atoms with Crippen LogP contribution in [0.25, 0.3) is 0 Å². The maximum Gasteiger partial charge on any atom is 0.317 e. The molecule has 0 amide bonds. The van der Waals surface area contributed by atoms with Gasteiger partial charge in [-0.05, 0) is 6.42 Å². The van der Waals surface area contributed by atoms with E-state index in [0.29, 0.717) is 12.8 Å². The first-order chi connectivity index (χ1) is 5.41. The Morgan fingerprint density at radius 2 is 2.08 bits per heavy atom. The van der Waals surface area contributed by atoms with Crippen molar-refractivity contribution in [3.05, 3.63) is 0 Å². The number of thiol groups is 1. The molecule has 68 valence electrons. The van der Waals surface area contributed by atoms with Gasteiger partial charge < -0.3 is 4.74 Å². The molecule has 1 heterocycles. The Kier molecular flexibility index (Phi) is 2.46. The highest BCUT2D eigenvalue weighted by molar-refractivity contribution is 7.81. The third kappa shape index (κ3) is 2.00. The molecule has 0 N–H and O–H groups in total. The number of rotatable bonds is 1. The predicted octanol–water partition coefficient (Wildman–Crippen LogP) is 1.17. The predicted molar refractivity (Wildman–Crippen MR) is 46.9 cm³/mol. The lowest BCUT2D eigenvalue weighted by atomic mass is 9.89. The number of esters is 2. The molecule has 4 heteroatoms. The van der Waals surface area contributed by atoms with Crippen molar-refractivity contribution in [3.8, 4) is 0 Å². The molecule has 1 aliphatic heterocycles. The fraction of sp³-hybridized carbons (Fsp3) is 0.750. The van der Waals surface area contributed by atoms with Gasteiger partial charge in [-0.3, -0.25) is 9.59 Å². The molecule has 12 heavy (non-hydrogen) atoms. The van der Waals surface area contributed by atoms with Crippen LogP contribution in [0.4, 0.5) is 0 Å². The Morgan fingerprint density at radius 3 is 2.50 bits per heavy atom. The zero-order valence-corrected chi connectivity index (χ0v) is 8.06. The van der Waals surface area contributed by atoms with Crippen LogP contribution in [0.2, 0.25) is 0 Å². The minimum Gasteiger partial charge on any atom is -0.393 e. The molecule has 0 spiro atoms. The zero-order valence-electron chi connectivity index (χ0n) is 7.16. The van der Waals surface area contributed by atoms with E-state index in [0.717, 1.165) is 0 Å². The second-order valence-electron chi connectivity index (χ2n) is 3.54. The molecule has 0 aromatic carbocycles. The molecule has 0 radical (unpaired) electrons. The van der Waals surface area contributed by atoms with E-state index in [9.17, 15) is 9.59 Å². The topological polar surface area (TPSA) is 43.4 Å². The van der Waals surface area contributed by atoms with E-state index in [-0.39, 0.29) is 5.92 Å². The summed E-state index contributed by atoms with van der Waals surface area (Å²) in [6, 6.07) is 0. The van der Waals surface area contributed by atoms with Crippen molar-refractivity contribution in [1.82, 2.24) is 0 Å². The van der Waals surface area contributed by atoms with Gasteiger partial charge in [0, 0.05) is 11.2 Å². The number of ether oxygens (including phenoxy) is 1. The highest BCUT2D eigenvalue weighted by atomic mass is 32.1. The summed E-state index contributed by atoms with van der Waals surface area (Å²) in [5, 5.41) is 0. The summed E-state index contributed by atoms with van der Waals surface area (Å²) in [5.41, 5.74) is 0. The first-order valence-corrected chi connectivity index (χ1v) is 4.33. The number of hydrogen-bond donors (Lipinski definition) is 1. The zero-order chi connectivity index (χ0) is 9.35. The highest BCUT2D eigenvalue weighted by Crippen LogP contribution is 2.31. The lowest BCUT2D eigenvalue weighted by molar-refractivity contribution is -0.168. The van der Waals surface area contributed by atoms with Gasteiger partial charge in [-0.25, -0.2) is 0 Å². The van der Waals surface area contributed by atoms with E-state index >= 15 is 0 Å². The van der Waals surface area contributed by atoms with Crippen molar-refractivity contribution >= 4 is 24.6 Å². The first-order valence-electron chi connectivity index (χ1n) is 3.88. The molecule has 1 saturated heterocycles. The molecule has 1 fully saturated rings. The summed E-state index contributed by atoms with van der Waals surface area (Å²) in [6.45, 7) is 3.69. The maximum atomic E-state index is 11.2. The van der Waals surface area contributed by atoms with Gasteiger partial charge in [-0.2, -0.15) is 12.6 Å². The highest BCUT2D eigenvalue weighted by Gasteiger charge is 2.38. The minimum atomic E-state index is -0.439. The van der Waals surface area contributed by atoms with Gasteiger partial charge in [-0.1, -0.05) is 13.8 Å². The van der Waals surface area contributed by atoms with Crippen LogP contribution in [0.1, 0.15) is 26.7 Å². The van der Waals surface area contributed by atoms with Crippen LogP contribution in [0.3, 0.4) is 0 Å². The van der Waals surface area contributed by atoms with Gasteiger partial charge in [0.1, 0.15) is 0 Å². The SMILES string of the molecule is CC(C)(S)C1CCC(=O)OC1=O. The summed E-state index contributed by atoms with van der Waals surface area (Å²) in [7, 11) is 0. The van der Waals surface area contributed by atoms with Crippen LogP contribution in [0, 0.1) is 5.92 Å². The lowest BCUT2D eigenvalue weighted by Gasteiger charge is -2.29. The summed E-state index contributed by atoms with van der Waals surface area (Å²) in [4.78, 5) is 21.8. The Balaban J connectivity index is 2.69. The van der Waals surface area contributed by atoms with Gasteiger partial charge in [0.05, 0.1) is 5.92 Å². The molecule has 1 rings (SSSR count). The van der Waals surface area contributed by atoms with Gasteiger partial charge in [0.25, 0.3) is 0 Å². The summed E-state index contributed by atoms with van der Waals surface area (Å²) in [6.07, 6.45) is 0.870. The third-order valence-corrected chi connectivity index (χ3v) is 2.30. The van der Waals surface area contributed by atoms with Crippen LogP contribution in [-0.4, -0.2) is 16.7 Å². The Bertz CT molecular complexity index is 217. The minimum absolute atomic E-state index is 0.265. The molecule has 0 aliphatic carbocycles. The second kappa shape index (κ2) is 3.09. The largest absolute Gasteiger partial charge is 0.393 e. The smallest absolute Gasteiger partial charge is 0.317 e. The summed E-state index contributed by atoms with van der Waals surface area (Å²) < 4.78 is 4.09. The van der Waals surface area contributed by atoms with Crippen molar-refractivity contribution in [2.24, 2.45) is 5.92 Å². The van der Waals surface area contributed by atoms with E-state index in [4.69, 9.17) is 0 Å². The molecule has 0 saturated carbocycles. The molecule has 0 bridgehead atoms. The van der Waals surface area contributed by atoms with Crippen LogP contribution >= 0.6 is 12.6 Å². The van der Waals surface area contributed by atoms with Crippen LogP contribution in [-0.2, 0) is 14.3 Å². The van der Waals surface area contributed by atoms with E-state index in [1.165, 1.54) is 0 Å². The average molecular weight is 188 g/mol. The van der Waals surface area contributed by atoms with Gasteiger partial charge >= 0.3 is 11.9 Å². The second-order valence-corrected chi connectivity index (χ2v) is 4.69. The fourth-order valence-electron chi connectivity index (χ4n) is 1.26. The van der Waals surface area contributed by atoms with E-state index in [2.05, 4.69) is 17.4 Å². The van der Waals surface area contributed by atoms with Crippen LogP contribution in [0.15, 0.2) is 0 Å². The van der Waals surface area contributed by atoms with E-state index in [1.807, 2.05) is 13.8 Å². The first kappa shape index (κ1) is 9.58. The standard InChI is InChI=1S/C8H12O3S/c1-8(2,12)5-3-4-6(9)11-7(5)10/h5,12H,3-4H2,1-2H3. The van der Waals surface area contributed by atoms with Crippen molar-refractivity contribution in [1.29, 1.82) is 0 Å². The molecule has 0 aromatic heterocycles. The fourth-order valence-corrected chi connectivity index (χ4v) is 1.49. The van der Waals surface area contributed by atoms with Gasteiger partial charge in [-0.15, -0.1) is 0 Å². The molecule has 0 aromatic rings. The van der Waals surface area contributed by atoms with Crippen molar-refractivity contribution in [2.75, 3.05) is 0 Å². The Morgan fingerprint density at radius 1 is 1.50 bits per heavy atom. The number of hydrogen-bond acceptors (Lipinski definition) is 4.